The third-order valence-electron chi connectivity index (χ3n) is 9.65. The maximum atomic E-state index is 13.0. The molecule has 2 atom stereocenters. The summed E-state index contributed by atoms with van der Waals surface area (Å²) in [5.41, 5.74) is 0.0679. The highest BCUT2D eigenvalue weighted by atomic mass is 16.2. The van der Waals surface area contributed by atoms with E-state index in [1.165, 1.54) is 57.8 Å². The summed E-state index contributed by atoms with van der Waals surface area (Å²) in [4.78, 5) is 28.1. The molecule has 0 aromatic carbocycles. The van der Waals surface area contributed by atoms with Gasteiger partial charge in [-0.05, 0) is 94.8 Å². The zero-order chi connectivity index (χ0) is 21.0. The fourth-order valence-electron chi connectivity index (χ4n) is 8.85. The molecule has 6 nitrogen and oxygen atoms in total. The number of carbonyl (C=O) groups is 2. The van der Waals surface area contributed by atoms with Crippen LogP contribution in [0.25, 0.3) is 0 Å². The fraction of sp³-hybridized carbons (Fsp3) is 0.920. The van der Waals surface area contributed by atoms with Gasteiger partial charge < -0.3 is 20.9 Å². The van der Waals surface area contributed by atoms with E-state index in [-0.39, 0.29) is 35.7 Å². The molecule has 0 spiro atoms. The van der Waals surface area contributed by atoms with Gasteiger partial charge in [0.05, 0.1) is 0 Å². The van der Waals surface area contributed by atoms with Crippen molar-refractivity contribution in [2.45, 2.75) is 126 Å². The summed E-state index contributed by atoms with van der Waals surface area (Å²) in [5.74, 6) is 2.52. The highest BCUT2D eigenvalue weighted by Crippen LogP contribution is 2.55. The highest BCUT2D eigenvalue weighted by molar-refractivity contribution is 5.77. The number of fused-ring (bicyclic) bond motifs is 2. The van der Waals surface area contributed by atoms with Crippen molar-refractivity contribution in [3.63, 3.8) is 0 Å². The summed E-state index contributed by atoms with van der Waals surface area (Å²) in [7, 11) is 0. The van der Waals surface area contributed by atoms with Crippen molar-refractivity contribution in [2.24, 2.45) is 17.8 Å². The predicted molar refractivity (Wildman–Crippen MR) is 120 cm³/mol. The Morgan fingerprint density at radius 3 is 1.84 bits per heavy atom. The number of hydrogen-bond acceptors (Lipinski definition) is 2. The summed E-state index contributed by atoms with van der Waals surface area (Å²) >= 11 is 0. The van der Waals surface area contributed by atoms with E-state index >= 15 is 0 Å². The fourth-order valence-corrected chi connectivity index (χ4v) is 8.85. The second-order valence-electron chi connectivity index (χ2n) is 12.0. The molecule has 0 unspecified atom stereocenters. The summed E-state index contributed by atoms with van der Waals surface area (Å²) in [6.45, 7) is 0. The predicted octanol–water partition coefficient (Wildman–Crippen LogP) is 4.29. The molecule has 2 aliphatic heterocycles. The molecule has 0 aromatic rings. The van der Waals surface area contributed by atoms with Crippen molar-refractivity contribution >= 4 is 12.1 Å². The molecule has 4 amide bonds. The van der Waals surface area contributed by atoms with Crippen LogP contribution in [0.2, 0.25) is 0 Å². The van der Waals surface area contributed by atoms with E-state index in [2.05, 4.69) is 20.9 Å². The average molecular weight is 429 g/mol. The molecule has 2 heterocycles. The van der Waals surface area contributed by atoms with Crippen LogP contribution >= 0.6 is 0 Å². The van der Waals surface area contributed by atoms with Gasteiger partial charge in [0.1, 0.15) is 0 Å². The number of carbonyl (C=O) groups excluding carboxylic acids is 2. The van der Waals surface area contributed by atoms with Crippen molar-refractivity contribution in [3.8, 4) is 0 Å². The Bertz CT molecular complexity index is 669. The Kier molecular flexibility index (Phi) is 5.10. The van der Waals surface area contributed by atoms with Gasteiger partial charge in [0.15, 0.2) is 0 Å². The third kappa shape index (κ3) is 3.93. The van der Waals surface area contributed by atoms with Crippen LogP contribution in [0, 0.1) is 17.8 Å². The average Bonchev–Trinajstić information content (AvgIpc) is 2.98. The quantitative estimate of drug-likeness (QED) is 0.627. The minimum absolute atomic E-state index is 0.0476. The number of nitrogens with one attached hydrogen (secondary N) is 3. The second kappa shape index (κ2) is 7.84. The van der Waals surface area contributed by atoms with Gasteiger partial charge >= 0.3 is 12.1 Å². The van der Waals surface area contributed by atoms with E-state index in [0.29, 0.717) is 6.04 Å². The van der Waals surface area contributed by atoms with Crippen LogP contribution in [0.4, 0.5) is 9.59 Å². The van der Waals surface area contributed by atoms with E-state index in [9.17, 15) is 9.59 Å². The molecule has 0 radical (unpaired) electrons. The van der Waals surface area contributed by atoms with Crippen molar-refractivity contribution in [1.82, 2.24) is 20.9 Å². The Morgan fingerprint density at radius 1 is 0.677 bits per heavy atom. The van der Waals surface area contributed by atoms with Gasteiger partial charge in [-0.3, -0.25) is 0 Å². The highest BCUT2D eigenvalue weighted by Gasteiger charge is 2.52. The van der Waals surface area contributed by atoms with Gasteiger partial charge in [-0.15, -0.1) is 0 Å². The number of amides is 4. The molecule has 31 heavy (non-hydrogen) atoms. The smallest absolute Gasteiger partial charge is 0.318 e. The third-order valence-corrected chi connectivity index (χ3v) is 9.65. The van der Waals surface area contributed by atoms with E-state index < -0.39 is 0 Å². The summed E-state index contributed by atoms with van der Waals surface area (Å²) in [6, 6.07) is 1.33. The normalized spacial score (nSPS) is 43.7. The minimum Gasteiger partial charge on any atom is -0.335 e. The standard InChI is InChI=1S/C25H40N4O2/c30-23(28-25-13-16-8-17(14-25)10-18(9-16)15-25)26-20-11-21-6-7-22(12-20)29(21)24(31)27-19-4-2-1-3-5-19/h16-22H,1-15H2,(H,27,31)(H2,26,28,30)/t16?,17?,18?,21-,22-,25?/m1/s1. The zero-order valence-corrected chi connectivity index (χ0v) is 18.9. The maximum Gasteiger partial charge on any atom is 0.318 e. The zero-order valence-electron chi connectivity index (χ0n) is 18.9. The van der Waals surface area contributed by atoms with Crippen LogP contribution in [0.1, 0.15) is 96.3 Å². The van der Waals surface area contributed by atoms with Crippen LogP contribution in [-0.4, -0.2) is 46.7 Å². The summed E-state index contributed by atoms with van der Waals surface area (Å²) in [6.07, 6.45) is 17.8. The Balaban J connectivity index is 1.03. The molecular weight excluding hydrogens is 388 g/mol. The monoisotopic (exact) mass is 428 g/mol. The number of urea groups is 2. The first-order valence-electron chi connectivity index (χ1n) is 13.2. The first-order chi connectivity index (χ1) is 15.1. The molecule has 7 aliphatic rings. The van der Waals surface area contributed by atoms with Crippen LogP contribution in [-0.2, 0) is 0 Å². The van der Waals surface area contributed by atoms with Gasteiger partial charge in [0, 0.05) is 29.7 Å². The number of nitrogens with zero attached hydrogens (tertiary/aromatic N) is 1. The van der Waals surface area contributed by atoms with E-state index in [4.69, 9.17) is 0 Å². The Morgan fingerprint density at radius 2 is 1.26 bits per heavy atom. The van der Waals surface area contributed by atoms with Crippen LogP contribution in [0.5, 0.6) is 0 Å². The molecule has 172 valence electrons. The van der Waals surface area contributed by atoms with Gasteiger partial charge in [-0.2, -0.15) is 0 Å². The van der Waals surface area contributed by atoms with Crippen molar-refractivity contribution < 1.29 is 9.59 Å². The molecule has 6 heteroatoms. The van der Waals surface area contributed by atoms with Crippen LogP contribution in [0.15, 0.2) is 0 Å². The first-order valence-corrected chi connectivity index (χ1v) is 13.2. The van der Waals surface area contributed by atoms with Gasteiger partial charge in [-0.1, -0.05) is 19.3 Å². The summed E-state index contributed by atoms with van der Waals surface area (Å²) in [5, 5.41) is 10.1. The number of piperidine rings is 1. The molecule has 7 rings (SSSR count). The molecule has 5 saturated carbocycles. The lowest BCUT2D eigenvalue weighted by atomic mass is 9.53. The minimum atomic E-state index is 0.0476. The van der Waals surface area contributed by atoms with Crippen molar-refractivity contribution in [3.05, 3.63) is 0 Å². The van der Waals surface area contributed by atoms with Gasteiger partial charge in [0.25, 0.3) is 0 Å². The van der Waals surface area contributed by atoms with E-state index in [1.807, 2.05) is 0 Å². The lowest BCUT2D eigenvalue weighted by molar-refractivity contribution is -0.0138. The number of hydrogen-bond donors (Lipinski definition) is 3. The van der Waals surface area contributed by atoms with Gasteiger partial charge in [-0.25, -0.2) is 9.59 Å². The van der Waals surface area contributed by atoms with Crippen LogP contribution < -0.4 is 16.0 Å². The summed E-state index contributed by atoms with van der Waals surface area (Å²) < 4.78 is 0. The van der Waals surface area contributed by atoms with Crippen molar-refractivity contribution in [1.29, 1.82) is 0 Å². The largest absolute Gasteiger partial charge is 0.335 e. The Hall–Kier alpha value is -1.46. The molecule has 2 saturated heterocycles. The Labute approximate surface area is 186 Å². The maximum absolute atomic E-state index is 13.0. The molecule has 7 fully saturated rings. The first kappa shape index (κ1) is 20.2. The topological polar surface area (TPSA) is 73.5 Å². The van der Waals surface area contributed by atoms with Crippen LogP contribution in [0.3, 0.4) is 0 Å². The SMILES string of the molecule is O=C(NC1C[C@H]2CC[C@H](C1)N2C(=O)NC1CCCCC1)NC12CC3CC(CC(C3)C1)C2. The molecule has 5 aliphatic carbocycles. The second-order valence-corrected chi connectivity index (χ2v) is 12.0. The van der Waals surface area contributed by atoms with E-state index in [0.717, 1.165) is 56.3 Å². The van der Waals surface area contributed by atoms with Crippen molar-refractivity contribution in [2.75, 3.05) is 0 Å². The lowest BCUT2D eigenvalue weighted by Crippen LogP contribution is -2.63. The molecular formula is C25H40N4O2. The molecule has 6 bridgehead atoms. The lowest BCUT2D eigenvalue weighted by Gasteiger charge is -2.56. The molecule has 3 N–H and O–H groups in total. The van der Waals surface area contributed by atoms with E-state index in [1.54, 1.807) is 0 Å². The molecule has 0 aromatic heterocycles. The van der Waals surface area contributed by atoms with Gasteiger partial charge in [0.2, 0.25) is 0 Å². The number of rotatable bonds is 3.